The third kappa shape index (κ3) is 4.37. The summed E-state index contributed by atoms with van der Waals surface area (Å²) in [6.07, 6.45) is 1.72. The van der Waals surface area contributed by atoms with Crippen LogP contribution in [0.5, 0.6) is 0 Å². The van der Waals surface area contributed by atoms with Gasteiger partial charge in [-0.05, 0) is 42.8 Å². The minimum atomic E-state index is 0.0148. The van der Waals surface area contributed by atoms with E-state index in [0.717, 1.165) is 37.6 Å². The maximum absolute atomic E-state index is 12.5. The summed E-state index contributed by atoms with van der Waals surface area (Å²) in [4.78, 5) is 21.0. The molecule has 3 rings (SSSR count). The Labute approximate surface area is 149 Å². The van der Waals surface area contributed by atoms with Crippen LogP contribution in [0.15, 0.2) is 42.6 Å². The van der Waals surface area contributed by atoms with E-state index in [9.17, 15) is 4.79 Å². The lowest BCUT2D eigenvalue weighted by molar-refractivity contribution is 0.0658. The number of carbonyl (C=O) groups is 1. The summed E-state index contributed by atoms with van der Waals surface area (Å²) in [7, 11) is 2.08. The number of aromatic nitrogens is 1. The van der Waals surface area contributed by atoms with Crippen LogP contribution in [0.4, 0.5) is 11.4 Å². The van der Waals surface area contributed by atoms with Crippen molar-refractivity contribution in [1.82, 2.24) is 14.8 Å². The second kappa shape index (κ2) is 7.66. The van der Waals surface area contributed by atoms with Crippen LogP contribution < -0.4 is 5.32 Å². The Kier molecular flexibility index (Phi) is 5.34. The summed E-state index contributed by atoms with van der Waals surface area (Å²) >= 11 is 0. The zero-order valence-electron chi connectivity index (χ0n) is 15.2. The molecule has 0 spiro atoms. The molecule has 0 aliphatic carbocycles. The van der Waals surface area contributed by atoms with Crippen molar-refractivity contribution in [3.8, 4) is 0 Å². The fourth-order valence-electron chi connectivity index (χ4n) is 2.88. The maximum Gasteiger partial charge on any atom is 0.272 e. The number of hydrogen-bond donors (Lipinski definition) is 1. The van der Waals surface area contributed by atoms with E-state index in [0.29, 0.717) is 11.6 Å². The van der Waals surface area contributed by atoms with Gasteiger partial charge in [0.1, 0.15) is 5.69 Å². The molecule has 0 radical (unpaired) electrons. The minimum absolute atomic E-state index is 0.0148. The SMILES string of the molecule is CC(C)c1ccc(Nc2ccc(C(=O)N3CCN(C)CC3)nc2)cc1. The Balaban J connectivity index is 1.62. The molecular weight excluding hydrogens is 312 g/mol. The van der Waals surface area contributed by atoms with Crippen LogP contribution in [0.3, 0.4) is 0 Å². The van der Waals surface area contributed by atoms with Crippen molar-refractivity contribution in [3.63, 3.8) is 0 Å². The van der Waals surface area contributed by atoms with E-state index >= 15 is 0 Å². The smallest absolute Gasteiger partial charge is 0.272 e. The summed E-state index contributed by atoms with van der Waals surface area (Å²) in [5.41, 5.74) is 3.72. The second-order valence-electron chi connectivity index (χ2n) is 6.93. The molecule has 2 aromatic rings. The summed E-state index contributed by atoms with van der Waals surface area (Å²) in [5, 5.41) is 3.33. The zero-order valence-corrected chi connectivity index (χ0v) is 15.2. The molecule has 5 heteroatoms. The van der Waals surface area contributed by atoms with E-state index in [1.165, 1.54) is 5.56 Å². The molecule has 1 aliphatic rings. The number of carbonyl (C=O) groups excluding carboxylic acids is 1. The Morgan fingerprint density at radius 2 is 1.64 bits per heavy atom. The van der Waals surface area contributed by atoms with Crippen LogP contribution in [-0.4, -0.2) is 53.9 Å². The monoisotopic (exact) mass is 338 g/mol. The number of hydrogen-bond acceptors (Lipinski definition) is 4. The standard InChI is InChI=1S/C20H26N4O/c1-15(2)16-4-6-17(7-5-16)22-18-8-9-19(21-14-18)20(25)24-12-10-23(3)11-13-24/h4-9,14-15,22H,10-13H2,1-3H3. The first kappa shape index (κ1) is 17.4. The average Bonchev–Trinajstić information content (AvgIpc) is 2.63. The van der Waals surface area contributed by atoms with Gasteiger partial charge in [0, 0.05) is 31.9 Å². The molecule has 0 saturated carbocycles. The van der Waals surface area contributed by atoms with E-state index < -0.39 is 0 Å². The number of rotatable bonds is 4. The van der Waals surface area contributed by atoms with Crippen LogP contribution >= 0.6 is 0 Å². The van der Waals surface area contributed by atoms with Crippen molar-refractivity contribution >= 4 is 17.3 Å². The number of nitrogens with zero attached hydrogens (tertiary/aromatic N) is 3. The third-order valence-corrected chi connectivity index (χ3v) is 4.64. The second-order valence-corrected chi connectivity index (χ2v) is 6.93. The third-order valence-electron chi connectivity index (χ3n) is 4.64. The van der Waals surface area contributed by atoms with Crippen LogP contribution in [0, 0.1) is 0 Å². The van der Waals surface area contributed by atoms with Crippen LogP contribution in [-0.2, 0) is 0 Å². The molecule has 1 aromatic carbocycles. The lowest BCUT2D eigenvalue weighted by Crippen LogP contribution is -2.47. The topological polar surface area (TPSA) is 48.5 Å². The minimum Gasteiger partial charge on any atom is -0.354 e. The molecule has 1 aliphatic heterocycles. The molecule has 25 heavy (non-hydrogen) atoms. The maximum atomic E-state index is 12.5. The summed E-state index contributed by atoms with van der Waals surface area (Å²) in [5.74, 6) is 0.538. The highest BCUT2D eigenvalue weighted by molar-refractivity contribution is 5.92. The molecule has 1 amide bonds. The summed E-state index contributed by atoms with van der Waals surface area (Å²) < 4.78 is 0. The molecule has 2 heterocycles. The average molecular weight is 338 g/mol. The van der Waals surface area contributed by atoms with Gasteiger partial charge in [-0.2, -0.15) is 0 Å². The molecule has 5 nitrogen and oxygen atoms in total. The van der Waals surface area contributed by atoms with E-state index in [1.54, 1.807) is 12.3 Å². The lowest BCUT2D eigenvalue weighted by atomic mass is 10.0. The fourth-order valence-corrected chi connectivity index (χ4v) is 2.88. The zero-order chi connectivity index (χ0) is 17.8. The predicted octanol–water partition coefficient (Wildman–Crippen LogP) is 3.34. The fraction of sp³-hybridized carbons (Fsp3) is 0.400. The highest BCUT2D eigenvalue weighted by Gasteiger charge is 2.21. The quantitative estimate of drug-likeness (QED) is 0.929. The van der Waals surface area contributed by atoms with E-state index in [1.807, 2.05) is 11.0 Å². The van der Waals surface area contributed by atoms with Crippen molar-refractivity contribution in [2.24, 2.45) is 0 Å². The van der Waals surface area contributed by atoms with Crippen LogP contribution in [0.2, 0.25) is 0 Å². The van der Waals surface area contributed by atoms with Gasteiger partial charge in [0.2, 0.25) is 0 Å². The first-order valence-electron chi connectivity index (χ1n) is 8.84. The lowest BCUT2D eigenvalue weighted by Gasteiger charge is -2.32. The van der Waals surface area contributed by atoms with Gasteiger partial charge in [-0.25, -0.2) is 4.98 Å². The first-order valence-corrected chi connectivity index (χ1v) is 8.84. The van der Waals surface area contributed by atoms with E-state index in [2.05, 4.69) is 60.4 Å². The Hall–Kier alpha value is -2.40. The van der Waals surface area contributed by atoms with Crippen molar-refractivity contribution < 1.29 is 4.79 Å². The highest BCUT2D eigenvalue weighted by atomic mass is 16.2. The van der Waals surface area contributed by atoms with Gasteiger partial charge in [0.15, 0.2) is 0 Å². The molecule has 0 unspecified atom stereocenters. The molecule has 1 N–H and O–H groups in total. The number of likely N-dealkylation sites (N-methyl/N-ethyl adjacent to an activating group) is 1. The van der Waals surface area contributed by atoms with Gasteiger partial charge in [-0.15, -0.1) is 0 Å². The van der Waals surface area contributed by atoms with Gasteiger partial charge < -0.3 is 15.1 Å². The Morgan fingerprint density at radius 1 is 1.00 bits per heavy atom. The molecular formula is C20H26N4O. The van der Waals surface area contributed by atoms with Gasteiger partial charge in [0.25, 0.3) is 5.91 Å². The van der Waals surface area contributed by atoms with Gasteiger partial charge >= 0.3 is 0 Å². The first-order chi connectivity index (χ1) is 12.0. The van der Waals surface area contributed by atoms with E-state index in [-0.39, 0.29) is 5.91 Å². The molecule has 1 fully saturated rings. The molecule has 1 aromatic heterocycles. The van der Waals surface area contributed by atoms with Crippen molar-refractivity contribution in [2.45, 2.75) is 19.8 Å². The van der Waals surface area contributed by atoms with Gasteiger partial charge in [-0.3, -0.25) is 4.79 Å². The number of amides is 1. The normalized spacial score (nSPS) is 15.4. The number of piperazine rings is 1. The largest absolute Gasteiger partial charge is 0.354 e. The van der Waals surface area contributed by atoms with E-state index in [4.69, 9.17) is 0 Å². The van der Waals surface area contributed by atoms with Crippen molar-refractivity contribution in [3.05, 3.63) is 53.9 Å². The molecule has 1 saturated heterocycles. The summed E-state index contributed by atoms with van der Waals surface area (Å²) in [6.45, 7) is 7.72. The van der Waals surface area contributed by atoms with Crippen LogP contribution in [0.1, 0.15) is 35.8 Å². The number of benzene rings is 1. The number of pyridine rings is 1. The molecule has 132 valence electrons. The van der Waals surface area contributed by atoms with Gasteiger partial charge in [-0.1, -0.05) is 26.0 Å². The number of anilines is 2. The Morgan fingerprint density at radius 3 is 2.20 bits per heavy atom. The van der Waals surface area contributed by atoms with Crippen molar-refractivity contribution in [1.29, 1.82) is 0 Å². The van der Waals surface area contributed by atoms with Crippen LogP contribution in [0.25, 0.3) is 0 Å². The summed E-state index contributed by atoms with van der Waals surface area (Å²) in [6, 6.07) is 12.1. The highest BCUT2D eigenvalue weighted by Crippen LogP contribution is 2.20. The van der Waals surface area contributed by atoms with Gasteiger partial charge in [0.05, 0.1) is 11.9 Å². The Bertz CT molecular complexity index is 701. The predicted molar refractivity (Wildman–Crippen MR) is 101 cm³/mol. The van der Waals surface area contributed by atoms with Crippen molar-refractivity contribution in [2.75, 3.05) is 38.5 Å². The molecule has 0 bridgehead atoms. The number of nitrogens with one attached hydrogen (secondary N) is 1. The molecule has 0 atom stereocenters.